The number of aryl methyl sites for hydroxylation is 2. The van der Waals surface area contributed by atoms with Crippen molar-refractivity contribution in [3.63, 3.8) is 0 Å². The highest BCUT2D eigenvalue weighted by Crippen LogP contribution is 2.26. The SMILES string of the molecule is CCc1ccc(C(=O)Nc2cccc(C)c2Br)cc1. The van der Waals surface area contributed by atoms with E-state index in [2.05, 4.69) is 28.2 Å². The van der Waals surface area contributed by atoms with E-state index in [1.807, 2.05) is 49.4 Å². The van der Waals surface area contributed by atoms with Crippen molar-refractivity contribution in [1.29, 1.82) is 0 Å². The van der Waals surface area contributed by atoms with Gasteiger partial charge in [0.1, 0.15) is 0 Å². The largest absolute Gasteiger partial charge is 0.321 e. The minimum absolute atomic E-state index is 0.0889. The first-order chi connectivity index (χ1) is 9.11. The number of rotatable bonds is 3. The molecule has 2 aromatic rings. The van der Waals surface area contributed by atoms with Crippen LogP contribution in [0.15, 0.2) is 46.9 Å². The molecule has 0 spiro atoms. The Morgan fingerprint density at radius 1 is 1.16 bits per heavy atom. The number of nitrogens with one attached hydrogen (secondary N) is 1. The molecule has 2 nitrogen and oxygen atoms in total. The Bertz CT molecular complexity index is 590. The molecule has 0 heterocycles. The second-order valence-corrected chi connectivity index (χ2v) is 5.23. The van der Waals surface area contributed by atoms with E-state index in [0.29, 0.717) is 5.56 Å². The van der Waals surface area contributed by atoms with Crippen molar-refractivity contribution in [2.24, 2.45) is 0 Å². The van der Waals surface area contributed by atoms with E-state index >= 15 is 0 Å². The van der Waals surface area contributed by atoms with Crippen molar-refractivity contribution < 1.29 is 4.79 Å². The molecule has 1 amide bonds. The van der Waals surface area contributed by atoms with Gasteiger partial charge in [-0.25, -0.2) is 0 Å². The molecule has 2 aromatic carbocycles. The molecular formula is C16H16BrNO. The summed E-state index contributed by atoms with van der Waals surface area (Å²) in [4.78, 5) is 12.1. The molecule has 19 heavy (non-hydrogen) atoms. The molecule has 1 N–H and O–H groups in total. The Hall–Kier alpha value is -1.61. The Balaban J connectivity index is 2.18. The van der Waals surface area contributed by atoms with Crippen molar-refractivity contribution in [2.45, 2.75) is 20.3 Å². The van der Waals surface area contributed by atoms with Gasteiger partial charge in [-0.05, 0) is 58.6 Å². The molecule has 0 unspecified atom stereocenters. The van der Waals surface area contributed by atoms with Crippen LogP contribution in [-0.2, 0) is 6.42 Å². The van der Waals surface area contributed by atoms with E-state index < -0.39 is 0 Å². The third-order valence-electron chi connectivity index (χ3n) is 3.06. The van der Waals surface area contributed by atoms with Gasteiger partial charge in [-0.3, -0.25) is 4.79 Å². The Morgan fingerprint density at radius 2 is 1.84 bits per heavy atom. The second kappa shape index (κ2) is 6.02. The summed E-state index contributed by atoms with van der Waals surface area (Å²) in [7, 11) is 0. The van der Waals surface area contributed by atoms with Gasteiger partial charge < -0.3 is 5.32 Å². The number of anilines is 1. The van der Waals surface area contributed by atoms with Gasteiger partial charge in [0, 0.05) is 10.0 Å². The predicted octanol–water partition coefficient (Wildman–Crippen LogP) is 4.57. The number of hydrogen-bond donors (Lipinski definition) is 1. The molecule has 0 saturated carbocycles. The van der Waals surface area contributed by atoms with Gasteiger partial charge in [0.05, 0.1) is 5.69 Å². The molecule has 0 radical (unpaired) electrons. The van der Waals surface area contributed by atoms with Gasteiger partial charge >= 0.3 is 0 Å². The molecule has 0 aromatic heterocycles. The standard InChI is InChI=1S/C16H16BrNO/c1-3-12-7-9-13(10-8-12)16(19)18-14-6-4-5-11(2)15(14)17/h4-10H,3H2,1-2H3,(H,18,19). The van der Waals surface area contributed by atoms with Gasteiger partial charge in [0.25, 0.3) is 5.91 Å². The summed E-state index contributed by atoms with van der Waals surface area (Å²) in [5.74, 6) is -0.0889. The summed E-state index contributed by atoms with van der Waals surface area (Å²) >= 11 is 3.49. The first kappa shape index (κ1) is 13.8. The van der Waals surface area contributed by atoms with Crippen molar-refractivity contribution in [2.75, 3.05) is 5.32 Å². The molecule has 3 heteroatoms. The van der Waals surface area contributed by atoms with Crippen molar-refractivity contribution >= 4 is 27.5 Å². The smallest absolute Gasteiger partial charge is 0.255 e. The molecule has 98 valence electrons. The number of carbonyl (C=O) groups is 1. The number of halogens is 1. The highest BCUT2D eigenvalue weighted by atomic mass is 79.9. The first-order valence-electron chi connectivity index (χ1n) is 6.27. The Kier molecular flexibility index (Phi) is 4.38. The number of hydrogen-bond acceptors (Lipinski definition) is 1. The lowest BCUT2D eigenvalue weighted by atomic mass is 10.1. The van der Waals surface area contributed by atoms with Crippen LogP contribution in [0.4, 0.5) is 5.69 Å². The van der Waals surface area contributed by atoms with Gasteiger partial charge in [0.2, 0.25) is 0 Å². The van der Waals surface area contributed by atoms with Crippen LogP contribution in [0.5, 0.6) is 0 Å². The predicted molar refractivity (Wildman–Crippen MR) is 82.7 cm³/mol. The van der Waals surface area contributed by atoms with Crippen LogP contribution in [0.3, 0.4) is 0 Å². The fourth-order valence-electron chi connectivity index (χ4n) is 1.83. The van der Waals surface area contributed by atoms with E-state index in [1.165, 1.54) is 5.56 Å². The van der Waals surface area contributed by atoms with Crippen LogP contribution in [0.25, 0.3) is 0 Å². The van der Waals surface area contributed by atoms with Crippen LogP contribution in [0, 0.1) is 6.92 Å². The number of amides is 1. The number of benzene rings is 2. The van der Waals surface area contributed by atoms with Gasteiger partial charge in [-0.15, -0.1) is 0 Å². The lowest BCUT2D eigenvalue weighted by Gasteiger charge is -2.09. The third-order valence-corrected chi connectivity index (χ3v) is 4.12. The first-order valence-corrected chi connectivity index (χ1v) is 7.06. The fraction of sp³-hybridized carbons (Fsp3) is 0.188. The van der Waals surface area contributed by atoms with Crippen molar-refractivity contribution in [1.82, 2.24) is 0 Å². The molecule has 0 fully saturated rings. The van der Waals surface area contributed by atoms with Gasteiger partial charge in [0.15, 0.2) is 0 Å². The minimum Gasteiger partial charge on any atom is -0.321 e. The normalized spacial score (nSPS) is 10.3. The maximum absolute atomic E-state index is 12.1. The van der Waals surface area contributed by atoms with Crippen molar-refractivity contribution in [3.05, 3.63) is 63.6 Å². The van der Waals surface area contributed by atoms with Crippen LogP contribution in [-0.4, -0.2) is 5.91 Å². The summed E-state index contributed by atoms with van der Waals surface area (Å²) in [5, 5.41) is 2.92. The quantitative estimate of drug-likeness (QED) is 0.882. The van der Waals surface area contributed by atoms with E-state index in [-0.39, 0.29) is 5.91 Å². The van der Waals surface area contributed by atoms with Gasteiger partial charge in [-0.1, -0.05) is 31.2 Å². The second-order valence-electron chi connectivity index (χ2n) is 4.44. The van der Waals surface area contributed by atoms with E-state index in [9.17, 15) is 4.79 Å². The highest BCUT2D eigenvalue weighted by molar-refractivity contribution is 9.10. The van der Waals surface area contributed by atoms with Crippen molar-refractivity contribution in [3.8, 4) is 0 Å². The minimum atomic E-state index is -0.0889. The molecule has 0 bridgehead atoms. The fourth-order valence-corrected chi connectivity index (χ4v) is 2.19. The maximum Gasteiger partial charge on any atom is 0.255 e. The lowest BCUT2D eigenvalue weighted by Crippen LogP contribution is -2.12. The molecular weight excluding hydrogens is 302 g/mol. The molecule has 2 rings (SSSR count). The van der Waals surface area contributed by atoms with Crippen LogP contribution >= 0.6 is 15.9 Å². The Labute approximate surface area is 122 Å². The lowest BCUT2D eigenvalue weighted by molar-refractivity contribution is 0.102. The number of carbonyl (C=O) groups excluding carboxylic acids is 1. The average Bonchev–Trinajstić information content (AvgIpc) is 2.44. The summed E-state index contributed by atoms with van der Waals surface area (Å²) in [6.07, 6.45) is 0.978. The molecule has 0 saturated heterocycles. The summed E-state index contributed by atoms with van der Waals surface area (Å²) in [5.41, 5.74) is 3.79. The zero-order chi connectivity index (χ0) is 13.8. The molecule has 0 aliphatic rings. The van der Waals surface area contributed by atoms with Crippen LogP contribution in [0.1, 0.15) is 28.4 Å². The summed E-state index contributed by atoms with van der Waals surface area (Å²) in [6.45, 7) is 4.09. The van der Waals surface area contributed by atoms with E-state index in [0.717, 1.165) is 22.1 Å². The van der Waals surface area contributed by atoms with Crippen LogP contribution in [0.2, 0.25) is 0 Å². The molecule has 0 atom stereocenters. The summed E-state index contributed by atoms with van der Waals surface area (Å²) < 4.78 is 0.925. The van der Waals surface area contributed by atoms with E-state index in [4.69, 9.17) is 0 Å². The average molecular weight is 318 g/mol. The van der Waals surface area contributed by atoms with Gasteiger partial charge in [-0.2, -0.15) is 0 Å². The zero-order valence-corrected chi connectivity index (χ0v) is 12.6. The zero-order valence-electron chi connectivity index (χ0n) is 11.0. The molecule has 0 aliphatic carbocycles. The third kappa shape index (κ3) is 3.24. The van der Waals surface area contributed by atoms with Crippen LogP contribution < -0.4 is 5.32 Å². The maximum atomic E-state index is 12.1. The highest BCUT2D eigenvalue weighted by Gasteiger charge is 2.09. The van der Waals surface area contributed by atoms with E-state index in [1.54, 1.807) is 0 Å². The topological polar surface area (TPSA) is 29.1 Å². The molecule has 0 aliphatic heterocycles. The summed E-state index contributed by atoms with van der Waals surface area (Å²) in [6, 6.07) is 13.5. The monoisotopic (exact) mass is 317 g/mol. The Morgan fingerprint density at radius 3 is 2.47 bits per heavy atom.